The van der Waals surface area contributed by atoms with Crippen molar-refractivity contribution >= 4 is 27.0 Å². The Bertz CT molecular complexity index is 588. The number of hydrogen-bond donors (Lipinski definition) is 2. The first kappa shape index (κ1) is 12.1. The van der Waals surface area contributed by atoms with Crippen LogP contribution in [-0.4, -0.2) is 29.7 Å². The number of nitrogens with two attached hydrogens (primary N) is 1. The SMILES string of the molecule is CN(Cc1ncc[nH]1)S(=O)(=O)c1cc(N)cs1. The zero-order valence-electron chi connectivity index (χ0n) is 9.12. The average Bonchev–Trinajstić information content (AvgIpc) is 2.89. The summed E-state index contributed by atoms with van der Waals surface area (Å²) in [6, 6.07) is 1.46. The molecule has 0 saturated heterocycles. The van der Waals surface area contributed by atoms with Gasteiger partial charge in [0, 0.05) is 30.5 Å². The Morgan fingerprint density at radius 3 is 2.88 bits per heavy atom. The number of aromatic amines is 1. The summed E-state index contributed by atoms with van der Waals surface area (Å²) >= 11 is 1.11. The summed E-state index contributed by atoms with van der Waals surface area (Å²) in [5, 5.41) is 1.60. The second-order valence-electron chi connectivity index (χ2n) is 3.50. The van der Waals surface area contributed by atoms with E-state index in [9.17, 15) is 8.42 Å². The summed E-state index contributed by atoms with van der Waals surface area (Å²) < 4.78 is 25.7. The Labute approximate surface area is 103 Å². The number of nitrogens with one attached hydrogen (secondary N) is 1. The van der Waals surface area contributed by atoms with Crippen molar-refractivity contribution in [2.75, 3.05) is 12.8 Å². The largest absolute Gasteiger partial charge is 0.398 e. The molecule has 2 heterocycles. The number of nitrogen functional groups attached to an aromatic ring is 1. The van der Waals surface area contributed by atoms with E-state index in [0.717, 1.165) is 11.3 Å². The van der Waals surface area contributed by atoms with E-state index in [1.165, 1.54) is 17.4 Å². The number of aromatic nitrogens is 2. The molecule has 92 valence electrons. The molecule has 0 spiro atoms. The molecule has 6 nitrogen and oxygen atoms in total. The van der Waals surface area contributed by atoms with Crippen molar-refractivity contribution in [3.8, 4) is 0 Å². The van der Waals surface area contributed by atoms with E-state index in [2.05, 4.69) is 9.97 Å². The van der Waals surface area contributed by atoms with Crippen LogP contribution in [0.15, 0.2) is 28.0 Å². The lowest BCUT2D eigenvalue weighted by Crippen LogP contribution is -2.26. The van der Waals surface area contributed by atoms with Gasteiger partial charge in [0.1, 0.15) is 10.0 Å². The predicted molar refractivity (Wildman–Crippen MR) is 66.0 cm³/mol. The molecular weight excluding hydrogens is 260 g/mol. The van der Waals surface area contributed by atoms with E-state index >= 15 is 0 Å². The van der Waals surface area contributed by atoms with E-state index < -0.39 is 10.0 Å². The van der Waals surface area contributed by atoms with Crippen LogP contribution >= 0.6 is 11.3 Å². The first-order valence-electron chi connectivity index (χ1n) is 4.79. The van der Waals surface area contributed by atoms with Crippen molar-refractivity contribution in [2.24, 2.45) is 0 Å². The van der Waals surface area contributed by atoms with Gasteiger partial charge in [-0.3, -0.25) is 0 Å². The molecule has 17 heavy (non-hydrogen) atoms. The van der Waals surface area contributed by atoms with Gasteiger partial charge in [0.05, 0.1) is 6.54 Å². The molecule has 0 aliphatic heterocycles. The highest BCUT2D eigenvalue weighted by molar-refractivity contribution is 7.91. The quantitative estimate of drug-likeness (QED) is 0.864. The monoisotopic (exact) mass is 272 g/mol. The van der Waals surface area contributed by atoms with Crippen molar-refractivity contribution in [3.05, 3.63) is 29.7 Å². The molecule has 0 bridgehead atoms. The summed E-state index contributed by atoms with van der Waals surface area (Å²) in [6.07, 6.45) is 3.23. The Morgan fingerprint density at radius 1 is 1.59 bits per heavy atom. The molecule has 3 N–H and O–H groups in total. The maximum atomic E-state index is 12.1. The summed E-state index contributed by atoms with van der Waals surface area (Å²) in [5.41, 5.74) is 5.98. The maximum Gasteiger partial charge on any atom is 0.252 e. The van der Waals surface area contributed by atoms with Gasteiger partial charge in [0.25, 0.3) is 10.0 Å². The fraction of sp³-hybridized carbons (Fsp3) is 0.222. The molecule has 8 heteroatoms. The fourth-order valence-electron chi connectivity index (χ4n) is 1.30. The van der Waals surface area contributed by atoms with E-state index in [1.54, 1.807) is 17.8 Å². The van der Waals surface area contributed by atoms with Gasteiger partial charge in [-0.15, -0.1) is 11.3 Å². The number of anilines is 1. The summed E-state index contributed by atoms with van der Waals surface area (Å²) in [6.45, 7) is 0.202. The number of imidazole rings is 1. The van der Waals surface area contributed by atoms with Gasteiger partial charge >= 0.3 is 0 Å². The van der Waals surface area contributed by atoms with Gasteiger partial charge in [0.2, 0.25) is 0 Å². The Balaban J connectivity index is 2.21. The first-order chi connectivity index (χ1) is 8.00. The van der Waals surface area contributed by atoms with Crippen LogP contribution in [0.5, 0.6) is 0 Å². The van der Waals surface area contributed by atoms with Crippen LogP contribution in [0.1, 0.15) is 5.82 Å². The molecule has 0 saturated carbocycles. The number of sulfonamides is 1. The second kappa shape index (κ2) is 4.47. The van der Waals surface area contributed by atoms with Crippen molar-refractivity contribution in [2.45, 2.75) is 10.8 Å². The molecule has 0 fully saturated rings. The lowest BCUT2D eigenvalue weighted by atomic mass is 10.6. The molecule has 0 aliphatic carbocycles. The highest BCUT2D eigenvalue weighted by Gasteiger charge is 2.23. The van der Waals surface area contributed by atoms with Crippen LogP contribution in [-0.2, 0) is 16.6 Å². The van der Waals surface area contributed by atoms with Crippen molar-refractivity contribution in [3.63, 3.8) is 0 Å². The van der Waals surface area contributed by atoms with Gasteiger partial charge in [0.15, 0.2) is 0 Å². The first-order valence-corrected chi connectivity index (χ1v) is 7.11. The Morgan fingerprint density at radius 2 is 2.35 bits per heavy atom. The van der Waals surface area contributed by atoms with Crippen LogP contribution in [0.25, 0.3) is 0 Å². The fourth-order valence-corrected chi connectivity index (χ4v) is 3.72. The van der Waals surface area contributed by atoms with Crippen molar-refractivity contribution in [1.82, 2.24) is 14.3 Å². The third kappa shape index (κ3) is 2.48. The third-order valence-electron chi connectivity index (χ3n) is 2.19. The number of rotatable bonds is 4. The van der Waals surface area contributed by atoms with Crippen LogP contribution in [0.4, 0.5) is 5.69 Å². The minimum atomic E-state index is -3.48. The van der Waals surface area contributed by atoms with E-state index in [0.29, 0.717) is 11.5 Å². The van der Waals surface area contributed by atoms with Crippen LogP contribution in [0, 0.1) is 0 Å². The minimum Gasteiger partial charge on any atom is -0.398 e. The topological polar surface area (TPSA) is 92.1 Å². The molecular formula is C9H12N4O2S2. The molecule has 0 atom stereocenters. The molecule has 0 radical (unpaired) electrons. The normalized spacial score (nSPS) is 12.1. The lowest BCUT2D eigenvalue weighted by Gasteiger charge is -2.14. The average molecular weight is 272 g/mol. The summed E-state index contributed by atoms with van der Waals surface area (Å²) in [7, 11) is -1.97. The van der Waals surface area contributed by atoms with Gasteiger partial charge in [-0.1, -0.05) is 0 Å². The second-order valence-corrected chi connectivity index (χ2v) is 6.68. The van der Waals surface area contributed by atoms with Crippen LogP contribution < -0.4 is 5.73 Å². The third-order valence-corrected chi connectivity index (χ3v) is 5.42. The van der Waals surface area contributed by atoms with Crippen LogP contribution in [0.3, 0.4) is 0 Å². The highest BCUT2D eigenvalue weighted by Crippen LogP contribution is 2.24. The van der Waals surface area contributed by atoms with Crippen LogP contribution in [0.2, 0.25) is 0 Å². The standard InChI is InChI=1S/C9H12N4O2S2/c1-13(5-8-11-2-3-12-8)17(14,15)9-4-7(10)6-16-9/h2-4,6H,5,10H2,1H3,(H,11,12). The van der Waals surface area contributed by atoms with Crippen molar-refractivity contribution < 1.29 is 8.42 Å². The predicted octanol–water partition coefficient (Wildman–Crippen LogP) is 0.874. The van der Waals surface area contributed by atoms with Gasteiger partial charge in [-0.2, -0.15) is 4.31 Å². The number of H-pyrrole nitrogens is 1. The lowest BCUT2D eigenvalue weighted by molar-refractivity contribution is 0.460. The smallest absolute Gasteiger partial charge is 0.252 e. The molecule has 2 aromatic rings. The number of nitrogens with zero attached hydrogens (tertiary/aromatic N) is 2. The van der Waals surface area contributed by atoms with E-state index in [1.807, 2.05) is 0 Å². The van der Waals surface area contributed by atoms with Gasteiger partial charge in [-0.25, -0.2) is 13.4 Å². The number of hydrogen-bond acceptors (Lipinski definition) is 5. The molecule has 0 unspecified atom stereocenters. The number of thiophene rings is 1. The molecule has 2 rings (SSSR count). The molecule has 0 aromatic carbocycles. The Hall–Kier alpha value is -1.38. The minimum absolute atomic E-state index is 0.202. The molecule has 0 aliphatic rings. The summed E-state index contributed by atoms with van der Waals surface area (Å²) in [4.78, 5) is 6.84. The van der Waals surface area contributed by atoms with Crippen molar-refractivity contribution in [1.29, 1.82) is 0 Å². The van der Waals surface area contributed by atoms with E-state index in [4.69, 9.17) is 5.73 Å². The van der Waals surface area contributed by atoms with Gasteiger partial charge in [-0.05, 0) is 6.07 Å². The zero-order valence-corrected chi connectivity index (χ0v) is 10.8. The highest BCUT2D eigenvalue weighted by atomic mass is 32.2. The molecule has 2 aromatic heterocycles. The summed E-state index contributed by atoms with van der Waals surface area (Å²) in [5.74, 6) is 0.598. The van der Waals surface area contributed by atoms with Gasteiger partial charge < -0.3 is 10.7 Å². The maximum absolute atomic E-state index is 12.1. The van der Waals surface area contributed by atoms with E-state index in [-0.39, 0.29) is 10.8 Å². The molecule has 0 amide bonds. The Kier molecular flexibility index (Phi) is 3.18. The zero-order chi connectivity index (χ0) is 12.5.